The van der Waals surface area contributed by atoms with Gasteiger partial charge in [0.2, 0.25) is 0 Å². The molecule has 0 amide bonds. The molecular formula is C17H11FN4OS. The summed E-state index contributed by atoms with van der Waals surface area (Å²) in [6, 6.07) is 11.5. The predicted octanol–water partition coefficient (Wildman–Crippen LogP) is 3.17. The lowest BCUT2D eigenvalue weighted by molar-refractivity contribution is 0.629. The van der Waals surface area contributed by atoms with Gasteiger partial charge in [-0.1, -0.05) is 12.1 Å². The van der Waals surface area contributed by atoms with Crippen LogP contribution in [0.2, 0.25) is 0 Å². The summed E-state index contributed by atoms with van der Waals surface area (Å²) >= 11 is 1.22. The molecule has 0 bridgehead atoms. The maximum atomic E-state index is 13.6. The monoisotopic (exact) mass is 338 g/mol. The Morgan fingerprint density at radius 3 is 2.75 bits per heavy atom. The summed E-state index contributed by atoms with van der Waals surface area (Å²) in [6.07, 6.45) is 1.42. The van der Waals surface area contributed by atoms with Crippen LogP contribution in [0.5, 0.6) is 0 Å². The molecule has 2 aromatic heterocycles. The molecule has 24 heavy (non-hydrogen) atoms. The third kappa shape index (κ3) is 2.43. The van der Waals surface area contributed by atoms with Crippen LogP contribution < -0.4 is 5.56 Å². The quantitative estimate of drug-likeness (QED) is 0.415. The van der Waals surface area contributed by atoms with Gasteiger partial charge in [0.1, 0.15) is 17.2 Å². The van der Waals surface area contributed by atoms with Crippen LogP contribution in [-0.4, -0.2) is 19.5 Å². The summed E-state index contributed by atoms with van der Waals surface area (Å²) in [6.45, 7) is 0. The molecule has 7 heteroatoms. The van der Waals surface area contributed by atoms with E-state index in [0.29, 0.717) is 32.0 Å². The van der Waals surface area contributed by atoms with Gasteiger partial charge in [0.05, 0.1) is 16.4 Å². The van der Waals surface area contributed by atoms with Crippen molar-refractivity contribution < 1.29 is 4.39 Å². The summed E-state index contributed by atoms with van der Waals surface area (Å²) in [7, 11) is 1.66. The first-order valence-corrected chi connectivity index (χ1v) is 7.99. The van der Waals surface area contributed by atoms with Gasteiger partial charge in [-0.15, -0.1) is 0 Å². The van der Waals surface area contributed by atoms with E-state index in [9.17, 15) is 9.18 Å². The van der Waals surface area contributed by atoms with Crippen molar-refractivity contribution in [1.82, 2.24) is 19.5 Å². The molecule has 0 atom stereocenters. The highest BCUT2D eigenvalue weighted by Crippen LogP contribution is 2.30. The normalized spacial score (nSPS) is 11.2. The minimum atomic E-state index is -0.362. The van der Waals surface area contributed by atoms with Crippen molar-refractivity contribution in [2.75, 3.05) is 0 Å². The van der Waals surface area contributed by atoms with Crippen LogP contribution in [0.25, 0.3) is 21.8 Å². The highest BCUT2D eigenvalue weighted by atomic mass is 32.2. The lowest BCUT2D eigenvalue weighted by Crippen LogP contribution is -2.19. The molecular weight excluding hydrogens is 327 g/mol. The zero-order valence-corrected chi connectivity index (χ0v) is 13.4. The number of hydrogen-bond acceptors (Lipinski definition) is 5. The largest absolute Gasteiger partial charge is 0.290 e. The van der Waals surface area contributed by atoms with Crippen molar-refractivity contribution >= 4 is 33.6 Å². The van der Waals surface area contributed by atoms with Gasteiger partial charge in [0.25, 0.3) is 5.56 Å². The number of hydrogen-bond donors (Lipinski definition) is 0. The molecule has 2 aromatic carbocycles. The molecule has 4 rings (SSSR count). The number of rotatable bonds is 2. The Bertz CT molecular complexity index is 1140. The van der Waals surface area contributed by atoms with Crippen molar-refractivity contribution in [3.8, 4) is 0 Å². The van der Waals surface area contributed by atoms with Crippen molar-refractivity contribution in [2.45, 2.75) is 10.2 Å². The van der Waals surface area contributed by atoms with Gasteiger partial charge < -0.3 is 0 Å². The predicted molar refractivity (Wildman–Crippen MR) is 90.6 cm³/mol. The van der Waals surface area contributed by atoms with Crippen LogP contribution in [0, 0.1) is 5.82 Å². The summed E-state index contributed by atoms with van der Waals surface area (Å²) in [4.78, 5) is 25.4. The van der Waals surface area contributed by atoms with E-state index < -0.39 is 0 Å². The molecule has 0 saturated carbocycles. The SMILES string of the molecule is Cn1c(Sc2ncnc3ccc(F)cc23)nc2ccccc2c1=O. The Hall–Kier alpha value is -2.80. The van der Waals surface area contributed by atoms with Crippen LogP contribution in [0.15, 0.2) is 63.8 Å². The fourth-order valence-electron chi connectivity index (χ4n) is 2.46. The molecule has 4 aromatic rings. The van der Waals surface area contributed by atoms with E-state index in [1.54, 1.807) is 31.3 Å². The lowest BCUT2D eigenvalue weighted by Gasteiger charge is -2.09. The average molecular weight is 338 g/mol. The summed E-state index contributed by atoms with van der Waals surface area (Å²) in [5.74, 6) is -0.362. The first-order chi connectivity index (χ1) is 11.6. The summed E-state index contributed by atoms with van der Waals surface area (Å²) < 4.78 is 15.0. The third-order valence-electron chi connectivity index (χ3n) is 3.69. The molecule has 118 valence electrons. The van der Waals surface area contributed by atoms with E-state index in [2.05, 4.69) is 15.0 Å². The first-order valence-electron chi connectivity index (χ1n) is 7.17. The molecule has 0 aliphatic rings. The van der Waals surface area contributed by atoms with Crippen LogP contribution in [0.4, 0.5) is 4.39 Å². The Kier molecular flexibility index (Phi) is 3.50. The average Bonchev–Trinajstić information content (AvgIpc) is 2.60. The molecule has 0 N–H and O–H groups in total. The molecule has 0 fully saturated rings. The topological polar surface area (TPSA) is 60.7 Å². The van der Waals surface area contributed by atoms with Crippen molar-refractivity contribution in [2.24, 2.45) is 7.05 Å². The molecule has 0 spiro atoms. The van der Waals surface area contributed by atoms with E-state index in [1.165, 1.54) is 34.8 Å². The zero-order valence-electron chi connectivity index (χ0n) is 12.6. The molecule has 2 heterocycles. The fraction of sp³-hybridized carbons (Fsp3) is 0.0588. The van der Waals surface area contributed by atoms with Crippen LogP contribution in [0.3, 0.4) is 0 Å². The molecule has 0 aliphatic carbocycles. The molecule has 0 saturated heterocycles. The molecule has 0 unspecified atom stereocenters. The Morgan fingerprint density at radius 2 is 1.88 bits per heavy atom. The van der Waals surface area contributed by atoms with Crippen molar-refractivity contribution in [3.63, 3.8) is 0 Å². The van der Waals surface area contributed by atoms with Crippen molar-refractivity contribution in [3.05, 3.63) is 65.0 Å². The second-order valence-electron chi connectivity index (χ2n) is 5.22. The van der Waals surface area contributed by atoms with E-state index in [0.717, 1.165) is 0 Å². The van der Waals surface area contributed by atoms with Gasteiger partial charge >= 0.3 is 0 Å². The van der Waals surface area contributed by atoms with Gasteiger partial charge in [0, 0.05) is 12.4 Å². The minimum absolute atomic E-state index is 0.132. The highest BCUT2D eigenvalue weighted by molar-refractivity contribution is 7.99. The highest BCUT2D eigenvalue weighted by Gasteiger charge is 2.13. The van der Waals surface area contributed by atoms with Crippen LogP contribution in [-0.2, 0) is 7.05 Å². The van der Waals surface area contributed by atoms with Gasteiger partial charge in [-0.2, -0.15) is 0 Å². The maximum Gasteiger partial charge on any atom is 0.261 e. The number of benzene rings is 2. The fourth-order valence-corrected chi connectivity index (χ4v) is 3.37. The Balaban J connectivity index is 1.90. The van der Waals surface area contributed by atoms with Gasteiger partial charge in [0.15, 0.2) is 5.16 Å². The van der Waals surface area contributed by atoms with Gasteiger partial charge in [-0.05, 0) is 42.1 Å². The maximum absolute atomic E-state index is 13.6. The number of halogens is 1. The van der Waals surface area contributed by atoms with Crippen molar-refractivity contribution in [1.29, 1.82) is 0 Å². The van der Waals surface area contributed by atoms with Crippen LogP contribution >= 0.6 is 11.8 Å². The smallest absolute Gasteiger partial charge is 0.261 e. The Morgan fingerprint density at radius 1 is 1.04 bits per heavy atom. The number of aromatic nitrogens is 4. The summed E-state index contributed by atoms with van der Waals surface area (Å²) in [5, 5.41) is 2.19. The van der Waals surface area contributed by atoms with E-state index in [4.69, 9.17) is 0 Å². The number of nitrogens with zero attached hydrogens (tertiary/aromatic N) is 4. The molecule has 0 aliphatic heterocycles. The van der Waals surface area contributed by atoms with E-state index in [-0.39, 0.29) is 11.4 Å². The lowest BCUT2D eigenvalue weighted by atomic mass is 10.2. The molecule has 0 radical (unpaired) electrons. The standard InChI is InChI=1S/C17H11FN4OS/c1-22-16(23)11-4-2-3-5-14(11)21-17(22)24-15-12-8-10(18)6-7-13(12)19-9-20-15/h2-9H,1H3. The van der Waals surface area contributed by atoms with Gasteiger partial charge in [-0.3, -0.25) is 9.36 Å². The van der Waals surface area contributed by atoms with Crippen LogP contribution in [0.1, 0.15) is 0 Å². The number of para-hydroxylation sites is 1. The molecule has 5 nitrogen and oxygen atoms in total. The van der Waals surface area contributed by atoms with E-state index >= 15 is 0 Å². The minimum Gasteiger partial charge on any atom is -0.290 e. The zero-order chi connectivity index (χ0) is 16.7. The van der Waals surface area contributed by atoms with Gasteiger partial charge in [-0.25, -0.2) is 19.3 Å². The van der Waals surface area contributed by atoms with E-state index in [1.807, 2.05) is 6.07 Å². The first kappa shape index (κ1) is 14.8. The number of fused-ring (bicyclic) bond motifs is 2. The second-order valence-corrected chi connectivity index (χ2v) is 6.17. The second kappa shape index (κ2) is 5.68. The third-order valence-corrected chi connectivity index (χ3v) is 4.76. The summed E-state index contributed by atoms with van der Waals surface area (Å²) in [5.41, 5.74) is 1.12. The Labute approximate surface area is 140 Å².